The molecule has 2 heterocycles. The summed E-state index contributed by atoms with van der Waals surface area (Å²) in [4.78, 5) is 26.6. The summed E-state index contributed by atoms with van der Waals surface area (Å²) in [5.41, 5.74) is 1.13. The molecule has 0 unspecified atom stereocenters. The van der Waals surface area contributed by atoms with Crippen LogP contribution in [0.15, 0.2) is 23.4 Å². The number of carbonyl (C=O) groups is 2. The Kier molecular flexibility index (Phi) is 3.54. The smallest absolute Gasteiger partial charge is 0.410 e. The summed E-state index contributed by atoms with van der Waals surface area (Å²) in [7, 11) is 0. The molecular weight excluding hydrogens is 280 g/mol. The van der Waals surface area contributed by atoms with Crippen molar-refractivity contribution in [1.82, 2.24) is 10.2 Å². The van der Waals surface area contributed by atoms with E-state index in [1.165, 1.54) is 0 Å². The Morgan fingerprint density at radius 3 is 2.59 bits per heavy atom. The highest BCUT2D eigenvalue weighted by molar-refractivity contribution is 6.06. The molecule has 1 N–H and O–H groups in total. The topological polar surface area (TPSA) is 58.6 Å². The van der Waals surface area contributed by atoms with Crippen molar-refractivity contribution < 1.29 is 14.3 Å². The van der Waals surface area contributed by atoms with Gasteiger partial charge in [-0.05, 0) is 33.6 Å². The van der Waals surface area contributed by atoms with Crippen molar-refractivity contribution >= 4 is 11.9 Å². The number of ketones is 1. The predicted molar refractivity (Wildman–Crippen MR) is 83.3 cm³/mol. The Hall–Kier alpha value is -1.78. The molecule has 0 aromatic carbocycles. The molecule has 1 fully saturated rings. The maximum absolute atomic E-state index is 12.7. The van der Waals surface area contributed by atoms with Crippen LogP contribution in [0.3, 0.4) is 0 Å². The summed E-state index contributed by atoms with van der Waals surface area (Å²) in [6, 6.07) is 0. The fourth-order valence-corrected chi connectivity index (χ4v) is 3.48. The van der Waals surface area contributed by atoms with Crippen LogP contribution >= 0.6 is 0 Å². The van der Waals surface area contributed by atoms with Gasteiger partial charge < -0.3 is 15.0 Å². The summed E-state index contributed by atoms with van der Waals surface area (Å²) < 4.78 is 5.42. The van der Waals surface area contributed by atoms with E-state index in [-0.39, 0.29) is 17.3 Å². The van der Waals surface area contributed by atoms with Gasteiger partial charge in [-0.1, -0.05) is 12.2 Å². The first-order valence-corrected chi connectivity index (χ1v) is 7.97. The number of hydrogen-bond donors (Lipinski definition) is 1. The minimum absolute atomic E-state index is 0.245. The van der Waals surface area contributed by atoms with Gasteiger partial charge in [0.2, 0.25) is 0 Å². The van der Waals surface area contributed by atoms with Gasteiger partial charge in [-0.3, -0.25) is 4.79 Å². The van der Waals surface area contributed by atoms with E-state index in [1.807, 2.05) is 32.9 Å². The monoisotopic (exact) mass is 304 g/mol. The molecule has 120 valence electrons. The van der Waals surface area contributed by atoms with Crippen LogP contribution < -0.4 is 5.32 Å². The van der Waals surface area contributed by atoms with Gasteiger partial charge in [0.05, 0.1) is 0 Å². The van der Waals surface area contributed by atoms with Gasteiger partial charge in [-0.15, -0.1) is 0 Å². The van der Waals surface area contributed by atoms with E-state index in [4.69, 9.17) is 4.74 Å². The van der Waals surface area contributed by atoms with E-state index >= 15 is 0 Å². The fraction of sp³-hybridized carbons (Fsp3) is 0.647. The zero-order valence-corrected chi connectivity index (χ0v) is 13.6. The van der Waals surface area contributed by atoms with Crippen LogP contribution in [-0.4, -0.2) is 42.0 Å². The minimum atomic E-state index is -0.481. The van der Waals surface area contributed by atoms with Gasteiger partial charge in [-0.25, -0.2) is 4.79 Å². The molecule has 0 radical (unpaired) electrons. The third-order valence-electron chi connectivity index (χ3n) is 4.66. The molecule has 1 saturated heterocycles. The van der Waals surface area contributed by atoms with Crippen molar-refractivity contribution in [3.8, 4) is 0 Å². The highest BCUT2D eigenvalue weighted by atomic mass is 16.6. The van der Waals surface area contributed by atoms with Crippen LogP contribution in [0.2, 0.25) is 0 Å². The molecule has 2 aliphatic heterocycles. The number of dihydropyridines is 1. The quantitative estimate of drug-likeness (QED) is 0.746. The van der Waals surface area contributed by atoms with Gasteiger partial charge >= 0.3 is 6.09 Å². The number of Topliss-reactive ketones (excluding diaryl/α,β-unsaturated/α-hetero) is 1. The lowest BCUT2D eigenvalue weighted by molar-refractivity contribution is -0.125. The second-order valence-electron chi connectivity index (χ2n) is 7.43. The molecule has 22 heavy (non-hydrogen) atoms. The fourth-order valence-electron chi connectivity index (χ4n) is 3.48. The first-order chi connectivity index (χ1) is 10.3. The van der Waals surface area contributed by atoms with E-state index in [9.17, 15) is 9.59 Å². The molecule has 1 aliphatic carbocycles. The molecule has 5 heteroatoms. The van der Waals surface area contributed by atoms with Crippen LogP contribution in [0, 0.1) is 5.41 Å². The zero-order chi connectivity index (χ0) is 16.0. The molecule has 3 rings (SSSR count). The van der Waals surface area contributed by atoms with Gasteiger partial charge in [0.1, 0.15) is 5.60 Å². The summed E-state index contributed by atoms with van der Waals surface area (Å²) >= 11 is 0. The average Bonchev–Trinajstić information content (AvgIpc) is 2.71. The molecule has 0 bridgehead atoms. The minimum Gasteiger partial charge on any atom is -0.444 e. The molecule has 0 aromatic heterocycles. The first kappa shape index (κ1) is 15.1. The second-order valence-corrected chi connectivity index (χ2v) is 7.43. The third kappa shape index (κ3) is 2.64. The maximum Gasteiger partial charge on any atom is 0.410 e. The van der Waals surface area contributed by atoms with Crippen molar-refractivity contribution in [1.29, 1.82) is 0 Å². The number of ether oxygens (including phenoxy) is 1. The number of hydrogen-bond acceptors (Lipinski definition) is 4. The van der Waals surface area contributed by atoms with E-state index in [0.29, 0.717) is 25.9 Å². The number of allylic oxidation sites excluding steroid dienone is 3. The number of nitrogens with zero attached hydrogens (tertiary/aromatic N) is 1. The van der Waals surface area contributed by atoms with Crippen molar-refractivity contribution in [2.75, 3.05) is 19.6 Å². The number of likely N-dealkylation sites (tertiary alicyclic amines) is 1. The number of carbonyl (C=O) groups excluding carboxylic acids is 2. The number of amides is 1. The van der Waals surface area contributed by atoms with Crippen LogP contribution in [0.1, 0.15) is 40.0 Å². The third-order valence-corrected chi connectivity index (χ3v) is 4.66. The largest absolute Gasteiger partial charge is 0.444 e. The molecule has 1 spiro atoms. The molecule has 1 amide bonds. The Morgan fingerprint density at radius 2 is 2.00 bits per heavy atom. The Labute approximate surface area is 131 Å². The summed E-state index contributed by atoms with van der Waals surface area (Å²) in [6.45, 7) is 7.58. The van der Waals surface area contributed by atoms with E-state index < -0.39 is 5.60 Å². The average molecular weight is 304 g/mol. The number of nitrogens with one attached hydrogen (secondary N) is 1. The first-order valence-electron chi connectivity index (χ1n) is 7.97. The van der Waals surface area contributed by atoms with Crippen molar-refractivity contribution in [3.63, 3.8) is 0 Å². The van der Waals surface area contributed by atoms with E-state index in [0.717, 1.165) is 24.2 Å². The molecule has 3 aliphatic rings. The van der Waals surface area contributed by atoms with Crippen molar-refractivity contribution in [2.24, 2.45) is 5.41 Å². The number of piperidine rings is 1. The molecule has 5 nitrogen and oxygen atoms in total. The summed E-state index contributed by atoms with van der Waals surface area (Å²) in [6.07, 6.45) is 5.88. The van der Waals surface area contributed by atoms with Crippen LogP contribution in [0.25, 0.3) is 0 Å². The maximum atomic E-state index is 12.7. The van der Waals surface area contributed by atoms with Gasteiger partial charge in [0, 0.05) is 42.7 Å². The lowest BCUT2D eigenvalue weighted by Crippen LogP contribution is -2.47. The van der Waals surface area contributed by atoms with Crippen molar-refractivity contribution in [2.45, 2.75) is 45.6 Å². The van der Waals surface area contributed by atoms with Crippen LogP contribution in [0.4, 0.5) is 4.79 Å². The van der Waals surface area contributed by atoms with Gasteiger partial charge in [-0.2, -0.15) is 0 Å². The lowest BCUT2D eigenvalue weighted by atomic mass is 9.74. The Bertz CT molecular complexity index is 561. The normalized spacial score (nSPS) is 23.6. The summed E-state index contributed by atoms with van der Waals surface area (Å²) in [5.74, 6) is 0.245. The predicted octanol–water partition coefficient (Wildman–Crippen LogP) is 2.39. The molecule has 0 atom stereocenters. The lowest BCUT2D eigenvalue weighted by Gasteiger charge is -2.38. The highest BCUT2D eigenvalue weighted by Crippen LogP contribution is 2.46. The SMILES string of the molecule is CC(C)(C)OC(=O)N1CCC2(CC1)CC1=C(C=CCN1)C2=O. The molecular formula is C17H24N2O3. The highest BCUT2D eigenvalue weighted by Gasteiger charge is 2.48. The second kappa shape index (κ2) is 5.14. The Morgan fingerprint density at radius 1 is 1.32 bits per heavy atom. The molecule has 0 saturated carbocycles. The number of rotatable bonds is 0. The summed E-state index contributed by atoms with van der Waals surface area (Å²) in [5, 5.41) is 3.31. The van der Waals surface area contributed by atoms with Crippen molar-refractivity contribution in [3.05, 3.63) is 23.4 Å². The Balaban J connectivity index is 1.64. The van der Waals surface area contributed by atoms with Gasteiger partial charge in [0.15, 0.2) is 5.78 Å². The molecule has 0 aromatic rings. The van der Waals surface area contributed by atoms with Gasteiger partial charge in [0.25, 0.3) is 0 Å². The van der Waals surface area contributed by atoms with E-state index in [2.05, 4.69) is 5.32 Å². The van der Waals surface area contributed by atoms with Crippen LogP contribution in [0.5, 0.6) is 0 Å². The van der Waals surface area contributed by atoms with Crippen LogP contribution in [-0.2, 0) is 9.53 Å². The standard InChI is InChI=1S/C17H24N2O3/c1-16(2,3)22-15(21)19-9-6-17(7-10-19)11-13-12(14(17)20)5-4-8-18-13/h4-5,18H,6-11H2,1-3H3. The zero-order valence-electron chi connectivity index (χ0n) is 13.6. The van der Waals surface area contributed by atoms with E-state index in [1.54, 1.807) is 4.90 Å².